The topological polar surface area (TPSA) is 67.4 Å². The molecule has 2 aliphatic rings. The van der Waals surface area contributed by atoms with Crippen LogP contribution in [-0.2, 0) is 9.59 Å². The molecule has 0 saturated heterocycles. The van der Waals surface area contributed by atoms with Crippen LogP contribution >= 0.6 is 0 Å². The van der Waals surface area contributed by atoms with Gasteiger partial charge in [0, 0.05) is 24.9 Å². The van der Waals surface area contributed by atoms with Crippen LogP contribution in [-0.4, -0.2) is 32.0 Å². The second-order valence-corrected chi connectivity index (χ2v) is 7.11. The zero-order valence-electron chi connectivity index (χ0n) is 14.9. The second-order valence-electron chi connectivity index (χ2n) is 7.11. The van der Waals surface area contributed by atoms with E-state index in [1.165, 1.54) is 6.42 Å². The van der Waals surface area contributed by atoms with Gasteiger partial charge in [0.25, 0.3) is 0 Å². The third-order valence-electron chi connectivity index (χ3n) is 5.37. The van der Waals surface area contributed by atoms with E-state index in [4.69, 9.17) is 4.74 Å². The van der Waals surface area contributed by atoms with Gasteiger partial charge in [-0.05, 0) is 36.8 Å². The predicted octanol–water partition coefficient (Wildman–Crippen LogP) is 2.61. The Morgan fingerprint density at radius 2 is 1.72 bits per heavy atom. The van der Waals surface area contributed by atoms with Crippen LogP contribution in [0.1, 0.15) is 50.0 Å². The van der Waals surface area contributed by atoms with E-state index < -0.39 is 0 Å². The number of rotatable bonds is 7. The summed E-state index contributed by atoms with van der Waals surface area (Å²) in [6, 6.07) is 7.88. The molecule has 2 atom stereocenters. The van der Waals surface area contributed by atoms with E-state index in [0.717, 1.165) is 43.4 Å². The van der Waals surface area contributed by atoms with Crippen molar-refractivity contribution in [2.75, 3.05) is 20.2 Å². The van der Waals surface area contributed by atoms with E-state index in [1.54, 1.807) is 7.11 Å². The number of carbonyl (C=O) groups excluding carboxylic acids is 2. The highest BCUT2D eigenvalue weighted by Gasteiger charge is 2.45. The van der Waals surface area contributed by atoms with Crippen molar-refractivity contribution in [2.45, 2.75) is 44.4 Å². The number of methoxy groups -OCH3 is 1. The fourth-order valence-corrected chi connectivity index (χ4v) is 3.81. The van der Waals surface area contributed by atoms with Gasteiger partial charge in [0.2, 0.25) is 11.8 Å². The molecule has 5 heteroatoms. The van der Waals surface area contributed by atoms with Gasteiger partial charge in [-0.3, -0.25) is 9.59 Å². The van der Waals surface area contributed by atoms with Gasteiger partial charge in [-0.1, -0.05) is 37.5 Å². The highest BCUT2D eigenvalue weighted by Crippen LogP contribution is 2.50. The van der Waals surface area contributed by atoms with Gasteiger partial charge in [-0.25, -0.2) is 0 Å². The minimum Gasteiger partial charge on any atom is -0.496 e. The molecule has 0 aromatic heterocycles. The first-order chi connectivity index (χ1) is 12.2. The van der Waals surface area contributed by atoms with Crippen LogP contribution in [0.5, 0.6) is 5.75 Å². The van der Waals surface area contributed by atoms with E-state index in [1.807, 2.05) is 24.3 Å². The Kier molecular flexibility index (Phi) is 5.95. The summed E-state index contributed by atoms with van der Waals surface area (Å²) in [5.74, 6) is 1.50. The fraction of sp³-hybridized carbons (Fsp3) is 0.600. The van der Waals surface area contributed by atoms with Crippen LogP contribution in [0.15, 0.2) is 24.3 Å². The van der Waals surface area contributed by atoms with Crippen LogP contribution in [0, 0.1) is 11.8 Å². The first kappa shape index (κ1) is 17.8. The molecule has 3 rings (SSSR count). The zero-order valence-corrected chi connectivity index (χ0v) is 14.9. The summed E-state index contributed by atoms with van der Waals surface area (Å²) in [7, 11) is 1.66. The lowest BCUT2D eigenvalue weighted by Gasteiger charge is -2.20. The molecule has 0 unspecified atom stereocenters. The largest absolute Gasteiger partial charge is 0.496 e. The summed E-state index contributed by atoms with van der Waals surface area (Å²) in [6.07, 6.45) is 6.42. The molecule has 0 spiro atoms. The van der Waals surface area contributed by atoms with Crippen molar-refractivity contribution in [3.63, 3.8) is 0 Å². The van der Waals surface area contributed by atoms with E-state index in [-0.39, 0.29) is 29.6 Å². The summed E-state index contributed by atoms with van der Waals surface area (Å²) in [5.41, 5.74) is 1.11. The van der Waals surface area contributed by atoms with Crippen LogP contribution in [0.2, 0.25) is 0 Å². The summed E-state index contributed by atoms with van der Waals surface area (Å²) < 4.78 is 5.38. The Labute approximate surface area is 149 Å². The first-order valence-electron chi connectivity index (χ1n) is 9.39. The normalized spacial score (nSPS) is 22.9. The van der Waals surface area contributed by atoms with Crippen molar-refractivity contribution in [3.05, 3.63) is 29.8 Å². The number of benzene rings is 1. The Bertz CT molecular complexity index is 611. The molecule has 0 bridgehead atoms. The Morgan fingerprint density at radius 3 is 2.44 bits per heavy atom. The standard InChI is InChI=1S/C20H28N2O3/c1-25-18-10-6-5-9-15(18)16-13-17(16)20(24)22-12-11-21-19(23)14-7-3-2-4-8-14/h5-6,9-10,14,16-17H,2-4,7-8,11-13H2,1H3,(H,21,23)(H,22,24)/t16-,17+/m1/s1. The van der Waals surface area contributed by atoms with Gasteiger partial charge in [-0.15, -0.1) is 0 Å². The fourth-order valence-electron chi connectivity index (χ4n) is 3.81. The minimum atomic E-state index is 0.0188. The van der Waals surface area contributed by atoms with Crippen molar-refractivity contribution in [1.82, 2.24) is 10.6 Å². The van der Waals surface area contributed by atoms with Crippen LogP contribution in [0.3, 0.4) is 0 Å². The van der Waals surface area contributed by atoms with Gasteiger partial charge in [0.15, 0.2) is 0 Å². The van der Waals surface area contributed by atoms with Crippen LogP contribution in [0.4, 0.5) is 0 Å². The second kappa shape index (κ2) is 8.37. The number of amides is 2. The lowest BCUT2D eigenvalue weighted by Crippen LogP contribution is -2.38. The molecular weight excluding hydrogens is 316 g/mol. The molecule has 2 N–H and O–H groups in total. The number of hydrogen-bond acceptors (Lipinski definition) is 3. The Morgan fingerprint density at radius 1 is 1.04 bits per heavy atom. The summed E-state index contributed by atoms with van der Waals surface area (Å²) >= 11 is 0. The maximum Gasteiger partial charge on any atom is 0.223 e. The molecule has 2 aliphatic carbocycles. The van der Waals surface area contributed by atoms with E-state index in [2.05, 4.69) is 10.6 Å². The molecule has 136 valence electrons. The monoisotopic (exact) mass is 344 g/mol. The summed E-state index contributed by atoms with van der Waals surface area (Å²) in [6.45, 7) is 1.000. The highest BCUT2D eigenvalue weighted by atomic mass is 16.5. The molecule has 2 saturated carbocycles. The maximum absolute atomic E-state index is 12.3. The molecule has 0 radical (unpaired) electrons. The summed E-state index contributed by atoms with van der Waals surface area (Å²) in [5, 5.41) is 5.90. The molecular formula is C20H28N2O3. The number of hydrogen-bond donors (Lipinski definition) is 2. The van der Waals surface area contributed by atoms with Gasteiger partial charge >= 0.3 is 0 Å². The third kappa shape index (κ3) is 4.53. The van der Waals surface area contributed by atoms with E-state index in [9.17, 15) is 9.59 Å². The van der Waals surface area contributed by atoms with E-state index >= 15 is 0 Å². The van der Waals surface area contributed by atoms with E-state index in [0.29, 0.717) is 13.1 Å². The Hall–Kier alpha value is -2.04. The quantitative estimate of drug-likeness (QED) is 0.747. The molecule has 1 aromatic rings. The maximum atomic E-state index is 12.3. The number of ether oxygens (including phenoxy) is 1. The van der Waals surface area contributed by atoms with Crippen molar-refractivity contribution in [3.8, 4) is 5.75 Å². The first-order valence-corrected chi connectivity index (χ1v) is 9.39. The highest BCUT2D eigenvalue weighted by molar-refractivity contribution is 5.83. The van der Waals surface area contributed by atoms with Gasteiger partial charge in [0.1, 0.15) is 5.75 Å². The number of para-hydroxylation sites is 1. The van der Waals surface area contributed by atoms with Crippen molar-refractivity contribution < 1.29 is 14.3 Å². The lowest BCUT2D eigenvalue weighted by atomic mass is 9.89. The molecule has 25 heavy (non-hydrogen) atoms. The van der Waals surface area contributed by atoms with Gasteiger partial charge in [-0.2, -0.15) is 0 Å². The molecule has 1 aromatic carbocycles. The van der Waals surface area contributed by atoms with Crippen LogP contribution in [0.25, 0.3) is 0 Å². The van der Waals surface area contributed by atoms with Gasteiger partial charge in [0.05, 0.1) is 7.11 Å². The molecule has 0 aliphatic heterocycles. The molecule has 2 fully saturated rings. The lowest BCUT2D eigenvalue weighted by molar-refractivity contribution is -0.126. The third-order valence-corrected chi connectivity index (χ3v) is 5.37. The Balaban J connectivity index is 1.37. The smallest absolute Gasteiger partial charge is 0.223 e. The SMILES string of the molecule is COc1ccccc1[C@H]1C[C@@H]1C(=O)NCCNC(=O)C1CCCCC1. The summed E-state index contributed by atoms with van der Waals surface area (Å²) in [4.78, 5) is 24.3. The number of nitrogens with one attached hydrogen (secondary N) is 2. The molecule has 2 amide bonds. The zero-order chi connectivity index (χ0) is 17.6. The molecule has 0 heterocycles. The minimum absolute atomic E-state index is 0.0188. The van der Waals surface area contributed by atoms with Gasteiger partial charge < -0.3 is 15.4 Å². The average molecular weight is 344 g/mol. The van der Waals surface area contributed by atoms with Crippen molar-refractivity contribution >= 4 is 11.8 Å². The average Bonchev–Trinajstić information content (AvgIpc) is 3.46. The van der Waals surface area contributed by atoms with Crippen LogP contribution < -0.4 is 15.4 Å². The van der Waals surface area contributed by atoms with Crippen molar-refractivity contribution in [1.29, 1.82) is 0 Å². The number of carbonyl (C=O) groups is 2. The molecule has 5 nitrogen and oxygen atoms in total. The van der Waals surface area contributed by atoms with Crippen molar-refractivity contribution in [2.24, 2.45) is 11.8 Å². The predicted molar refractivity (Wildman–Crippen MR) is 96.4 cm³/mol.